The zero-order chi connectivity index (χ0) is 15.6. The largest absolute Gasteiger partial charge is 0.387 e. The topological polar surface area (TPSA) is 71.2 Å². The summed E-state index contributed by atoms with van der Waals surface area (Å²) < 4.78 is 1.82. The zero-order valence-electron chi connectivity index (χ0n) is 13.1. The van der Waals surface area contributed by atoms with E-state index in [2.05, 4.69) is 22.1 Å². The van der Waals surface area contributed by atoms with E-state index in [4.69, 9.17) is 0 Å². The van der Waals surface area contributed by atoms with Crippen LogP contribution in [0.5, 0.6) is 0 Å². The van der Waals surface area contributed by atoms with Crippen molar-refractivity contribution in [2.75, 3.05) is 18.8 Å². The van der Waals surface area contributed by atoms with Crippen molar-refractivity contribution in [1.82, 2.24) is 19.9 Å². The van der Waals surface area contributed by atoms with E-state index in [-0.39, 0.29) is 12.5 Å². The Hall–Kier alpha value is -1.08. The molecule has 2 heterocycles. The van der Waals surface area contributed by atoms with E-state index < -0.39 is 6.10 Å². The first kappa shape index (κ1) is 15.8. The van der Waals surface area contributed by atoms with Crippen LogP contribution in [0, 0.1) is 0 Å². The summed E-state index contributed by atoms with van der Waals surface area (Å²) in [6, 6.07) is 0. The smallest absolute Gasteiger partial charge is 0.244 e. The number of carbonyl (C=O) groups is 1. The lowest BCUT2D eigenvalue weighted by Crippen LogP contribution is -2.50. The number of hydrogen-bond acceptors (Lipinski definition) is 5. The molecule has 7 heteroatoms. The van der Waals surface area contributed by atoms with Crippen LogP contribution >= 0.6 is 11.8 Å². The van der Waals surface area contributed by atoms with Crippen molar-refractivity contribution in [3.8, 4) is 0 Å². The van der Waals surface area contributed by atoms with E-state index in [1.54, 1.807) is 13.1 Å². The summed E-state index contributed by atoms with van der Waals surface area (Å²) in [6.45, 7) is 3.54. The Morgan fingerprint density at radius 1 is 1.45 bits per heavy atom. The molecule has 2 fully saturated rings. The quantitative estimate of drug-likeness (QED) is 0.914. The Labute approximate surface area is 135 Å². The summed E-state index contributed by atoms with van der Waals surface area (Å²) >= 11 is 2.06. The van der Waals surface area contributed by atoms with Crippen LogP contribution in [0.1, 0.15) is 50.8 Å². The van der Waals surface area contributed by atoms with E-state index in [1.165, 1.54) is 36.8 Å². The van der Waals surface area contributed by atoms with E-state index in [1.807, 2.05) is 4.90 Å². The van der Waals surface area contributed by atoms with Gasteiger partial charge in [0.25, 0.3) is 0 Å². The molecule has 1 aromatic rings. The molecule has 1 amide bonds. The molecule has 1 spiro atoms. The van der Waals surface area contributed by atoms with Crippen LogP contribution < -0.4 is 0 Å². The van der Waals surface area contributed by atoms with Gasteiger partial charge in [-0.15, -0.1) is 5.10 Å². The van der Waals surface area contributed by atoms with Crippen LogP contribution in [0.4, 0.5) is 0 Å². The number of amides is 1. The van der Waals surface area contributed by atoms with Crippen LogP contribution in [0.2, 0.25) is 0 Å². The van der Waals surface area contributed by atoms with Crippen molar-refractivity contribution in [2.24, 2.45) is 0 Å². The van der Waals surface area contributed by atoms with Crippen molar-refractivity contribution in [3.63, 3.8) is 0 Å². The maximum absolute atomic E-state index is 12.5. The first-order valence-electron chi connectivity index (χ1n) is 8.08. The molecule has 0 bridgehead atoms. The molecule has 3 rings (SSSR count). The van der Waals surface area contributed by atoms with Gasteiger partial charge in [0.2, 0.25) is 5.91 Å². The average Bonchev–Trinajstić information content (AvgIpc) is 2.97. The van der Waals surface area contributed by atoms with Crippen LogP contribution in [-0.2, 0) is 11.3 Å². The molecule has 1 atom stereocenters. The second kappa shape index (κ2) is 6.58. The Morgan fingerprint density at radius 3 is 2.91 bits per heavy atom. The highest BCUT2D eigenvalue weighted by Gasteiger charge is 2.38. The second-order valence-electron chi connectivity index (χ2n) is 6.42. The predicted molar refractivity (Wildman–Crippen MR) is 85.5 cm³/mol. The third kappa shape index (κ3) is 3.46. The molecule has 2 aliphatic rings. The fraction of sp³-hybridized carbons (Fsp3) is 0.800. The molecule has 1 saturated heterocycles. The van der Waals surface area contributed by atoms with E-state index >= 15 is 0 Å². The summed E-state index contributed by atoms with van der Waals surface area (Å²) in [5, 5.41) is 17.3. The van der Waals surface area contributed by atoms with Gasteiger partial charge in [0, 0.05) is 23.6 Å². The molecule has 1 aliphatic carbocycles. The van der Waals surface area contributed by atoms with Crippen molar-refractivity contribution < 1.29 is 9.90 Å². The van der Waals surface area contributed by atoms with Gasteiger partial charge in [-0.2, -0.15) is 11.8 Å². The Bertz CT molecular complexity index is 520. The molecule has 1 saturated carbocycles. The lowest BCUT2D eigenvalue weighted by molar-refractivity contribution is -0.132. The summed E-state index contributed by atoms with van der Waals surface area (Å²) in [7, 11) is 0. The average molecular weight is 324 g/mol. The van der Waals surface area contributed by atoms with E-state index in [0.717, 1.165) is 18.8 Å². The molecule has 6 nitrogen and oxygen atoms in total. The molecule has 0 radical (unpaired) electrons. The highest BCUT2D eigenvalue weighted by molar-refractivity contribution is 8.00. The predicted octanol–water partition coefficient (Wildman–Crippen LogP) is 1.61. The third-order valence-electron chi connectivity index (χ3n) is 4.65. The third-order valence-corrected chi connectivity index (χ3v) is 6.18. The number of carbonyl (C=O) groups excluding carboxylic acids is 1. The number of thioether (sulfide) groups is 1. The van der Waals surface area contributed by atoms with Crippen molar-refractivity contribution >= 4 is 17.7 Å². The molecule has 0 aromatic carbocycles. The molecular formula is C15H24N4O2S. The highest BCUT2D eigenvalue weighted by Crippen LogP contribution is 2.42. The van der Waals surface area contributed by atoms with Crippen molar-refractivity contribution in [1.29, 1.82) is 0 Å². The standard InChI is InChI=1S/C15H24N4O2S/c1-12(20)13-9-19(17-16-13)10-14(21)18-7-8-22-15(11-18)5-3-2-4-6-15/h9,12,20H,2-8,10-11H2,1H3. The summed E-state index contributed by atoms with van der Waals surface area (Å²) in [4.78, 5) is 14.5. The minimum absolute atomic E-state index is 0.104. The van der Waals surface area contributed by atoms with Crippen molar-refractivity contribution in [3.05, 3.63) is 11.9 Å². The Kier molecular flexibility index (Phi) is 4.73. The molecule has 22 heavy (non-hydrogen) atoms. The van der Waals surface area contributed by atoms with Gasteiger partial charge in [0.1, 0.15) is 12.2 Å². The monoisotopic (exact) mass is 324 g/mol. The molecule has 122 valence electrons. The highest BCUT2D eigenvalue weighted by atomic mass is 32.2. The summed E-state index contributed by atoms with van der Waals surface area (Å²) in [5.74, 6) is 1.13. The molecular weight excluding hydrogens is 300 g/mol. The molecule has 1 N–H and O–H groups in total. The summed E-state index contributed by atoms with van der Waals surface area (Å²) in [5.41, 5.74) is 0.505. The van der Waals surface area contributed by atoms with Gasteiger partial charge in [-0.3, -0.25) is 4.79 Å². The van der Waals surface area contributed by atoms with Gasteiger partial charge < -0.3 is 10.0 Å². The lowest BCUT2D eigenvalue weighted by Gasteiger charge is -2.44. The van der Waals surface area contributed by atoms with Gasteiger partial charge in [-0.1, -0.05) is 24.5 Å². The minimum atomic E-state index is -0.652. The minimum Gasteiger partial charge on any atom is -0.387 e. The fourth-order valence-electron chi connectivity index (χ4n) is 3.38. The van der Waals surface area contributed by atoms with Gasteiger partial charge in [0.15, 0.2) is 0 Å². The normalized spacial score (nSPS) is 22.7. The zero-order valence-corrected chi connectivity index (χ0v) is 13.9. The lowest BCUT2D eigenvalue weighted by atomic mass is 9.87. The Balaban J connectivity index is 1.61. The van der Waals surface area contributed by atoms with Crippen LogP contribution in [-0.4, -0.2) is 54.5 Å². The fourth-order valence-corrected chi connectivity index (χ4v) is 4.95. The number of aromatic nitrogens is 3. The van der Waals surface area contributed by atoms with Crippen LogP contribution in [0.15, 0.2) is 6.20 Å². The van der Waals surface area contributed by atoms with Gasteiger partial charge in [-0.25, -0.2) is 4.68 Å². The van der Waals surface area contributed by atoms with Crippen LogP contribution in [0.3, 0.4) is 0 Å². The van der Waals surface area contributed by atoms with E-state index in [0.29, 0.717) is 10.4 Å². The van der Waals surface area contributed by atoms with Gasteiger partial charge >= 0.3 is 0 Å². The number of aliphatic hydroxyl groups excluding tert-OH is 1. The Morgan fingerprint density at radius 2 is 2.23 bits per heavy atom. The second-order valence-corrected chi connectivity index (χ2v) is 7.99. The maximum atomic E-state index is 12.5. The van der Waals surface area contributed by atoms with Crippen LogP contribution in [0.25, 0.3) is 0 Å². The van der Waals surface area contributed by atoms with Crippen molar-refractivity contribution in [2.45, 2.75) is 56.4 Å². The summed E-state index contributed by atoms with van der Waals surface area (Å²) in [6.07, 6.45) is 7.37. The first-order valence-corrected chi connectivity index (χ1v) is 9.06. The number of nitrogens with zero attached hydrogens (tertiary/aromatic N) is 4. The SMILES string of the molecule is CC(O)c1cn(CC(=O)N2CCSC3(CCCCC3)C2)nn1. The number of aliphatic hydroxyl groups is 1. The maximum Gasteiger partial charge on any atom is 0.244 e. The number of rotatable bonds is 3. The molecule has 1 aromatic heterocycles. The molecule has 1 unspecified atom stereocenters. The first-order chi connectivity index (χ1) is 10.6. The van der Waals surface area contributed by atoms with Gasteiger partial charge in [-0.05, 0) is 19.8 Å². The molecule has 1 aliphatic heterocycles. The number of hydrogen-bond donors (Lipinski definition) is 1. The van der Waals surface area contributed by atoms with E-state index in [9.17, 15) is 9.90 Å². The van der Waals surface area contributed by atoms with Gasteiger partial charge in [0.05, 0.1) is 12.3 Å².